The Morgan fingerprint density at radius 2 is 2.11 bits per heavy atom. The van der Waals surface area contributed by atoms with E-state index in [4.69, 9.17) is 0 Å². The molecule has 0 aromatic heterocycles. The molecular formula is C15H21F2N. The van der Waals surface area contributed by atoms with Crippen LogP contribution in [0.15, 0.2) is 18.2 Å². The van der Waals surface area contributed by atoms with Gasteiger partial charge in [-0.05, 0) is 30.9 Å². The number of hydrogen-bond acceptors (Lipinski definition) is 1. The van der Waals surface area contributed by atoms with Gasteiger partial charge in [0.25, 0.3) is 0 Å². The van der Waals surface area contributed by atoms with E-state index in [9.17, 15) is 8.78 Å². The molecule has 1 aliphatic carbocycles. The zero-order valence-electron chi connectivity index (χ0n) is 11.0. The van der Waals surface area contributed by atoms with E-state index >= 15 is 0 Å². The van der Waals surface area contributed by atoms with Gasteiger partial charge in [0.2, 0.25) is 0 Å². The smallest absolute Gasteiger partial charge is 0.130 e. The lowest BCUT2D eigenvalue weighted by Crippen LogP contribution is -2.30. The van der Waals surface area contributed by atoms with Crippen LogP contribution in [-0.2, 0) is 0 Å². The second kappa shape index (κ2) is 5.79. The Labute approximate surface area is 108 Å². The van der Waals surface area contributed by atoms with Crippen molar-refractivity contribution < 1.29 is 8.78 Å². The van der Waals surface area contributed by atoms with Crippen LogP contribution in [0.3, 0.4) is 0 Å². The molecule has 3 heteroatoms. The maximum absolute atomic E-state index is 13.9. The fraction of sp³-hybridized carbons (Fsp3) is 0.600. The van der Waals surface area contributed by atoms with E-state index in [-0.39, 0.29) is 6.04 Å². The summed E-state index contributed by atoms with van der Waals surface area (Å²) in [4.78, 5) is 0. The van der Waals surface area contributed by atoms with Crippen molar-refractivity contribution in [2.75, 3.05) is 6.54 Å². The van der Waals surface area contributed by atoms with Gasteiger partial charge >= 0.3 is 0 Å². The van der Waals surface area contributed by atoms with Gasteiger partial charge in [-0.1, -0.05) is 32.8 Å². The molecule has 0 amide bonds. The standard InChI is InChI=1S/C15H21F2N/c1-3-18-15(12-6-4-5-10(12)2)13-8-7-11(16)9-14(13)17/h7-10,12,15,18H,3-6H2,1-2H3. The topological polar surface area (TPSA) is 12.0 Å². The van der Waals surface area contributed by atoms with Crippen molar-refractivity contribution in [1.29, 1.82) is 0 Å². The first-order valence-electron chi connectivity index (χ1n) is 6.81. The molecule has 1 fully saturated rings. The van der Waals surface area contributed by atoms with E-state index in [2.05, 4.69) is 12.2 Å². The zero-order chi connectivity index (χ0) is 13.1. The summed E-state index contributed by atoms with van der Waals surface area (Å²) in [7, 11) is 0. The monoisotopic (exact) mass is 253 g/mol. The molecule has 1 saturated carbocycles. The summed E-state index contributed by atoms with van der Waals surface area (Å²) >= 11 is 0. The molecule has 0 bridgehead atoms. The highest BCUT2D eigenvalue weighted by Crippen LogP contribution is 2.40. The van der Waals surface area contributed by atoms with Gasteiger partial charge in [-0.25, -0.2) is 8.78 Å². The maximum atomic E-state index is 13.9. The SMILES string of the molecule is CCNC(c1ccc(F)cc1F)C1CCCC1C. The highest BCUT2D eigenvalue weighted by molar-refractivity contribution is 5.23. The molecule has 3 atom stereocenters. The van der Waals surface area contributed by atoms with Crippen LogP contribution in [0, 0.1) is 23.5 Å². The molecule has 1 nitrogen and oxygen atoms in total. The Hall–Kier alpha value is -0.960. The Bertz CT molecular complexity index is 405. The van der Waals surface area contributed by atoms with Crippen molar-refractivity contribution in [2.24, 2.45) is 11.8 Å². The molecule has 0 heterocycles. The van der Waals surface area contributed by atoms with Crippen LogP contribution >= 0.6 is 0 Å². The number of rotatable bonds is 4. The Balaban J connectivity index is 2.28. The van der Waals surface area contributed by atoms with Gasteiger partial charge in [-0.3, -0.25) is 0 Å². The summed E-state index contributed by atoms with van der Waals surface area (Å²) in [5.74, 6) is 0.106. The third-order valence-electron chi connectivity index (χ3n) is 4.08. The molecule has 3 unspecified atom stereocenters. The summed E-state index contributed by atoms with van der Waals surface area (Å²) in [6.45, 7) is 5.04. The molecule has 100 valence electrons. The van der Waals surface area contributed by atoms with E-state index in [1.165, 1.54) is 18.9 Å². The van der Waals surface area contributed by atoms with Crippen LogP contribution in [0.5, 0.6) is 0 Å². The maximum Gasteiger partial charge on any atom is 0.130 e. The van der Waals surface area contributed by atoms with Gasteiger partial charge in [0, 0.05) is 17.7 Å². The average Bonchev–Trinajstić information content (AvgIpc) is 2.73. The van der Waals surface area contributed by atoms with Crippen LogP contribution in [0.1, 0.15) is 44.7 Å². The van der Waals surface area contributed by atoms with Crippen molar-refractivity contribution in [3.63, 3.8) is 0 Å². The Kier molecular flexibility index (Phi) is 4.33. The summed E-state index contributed by atoms with van der Waals surface area (Å²) in [5.41, 5.74) is 0.608. The van der Waals surface area contributed by atoms with Gasteiger partial charge in [0.15, 0.2) is 0 Å². The van der Waals surface area contributed by atoms with Crippen molar-refractivity contribution in [3.05, 3.63) is 35.4 Å². The molecule has 18 heavy (non-hydrogen) atoms. The average molecular weight is 253 g/mol. The van der Waals surface area contributed by atoms with Crippen LogP contribution in [0.2, 0.25) is 0 Å². The van der Waals surface area contributed by atoms with Crippen molar-refractivity contribution in [1.82, 2.24) is 5.32 Å². The predicted octanol–water partition coefficient (Wildman–Crippen LogP) is 4.05. The highest BCUT2D eigenvalue weighted by Gasteiger charge is 2.32. The second-order valence-corrected chi connectivity index (χ2v) is 5.27. The van der Waals surface area contributed by atoms with Crippen LogP contribution in [0.25, 0.3) is 0 Å². The Morgan fingerprint density at radius 3 is 2.67 bits per heavy atom. The summed E-state index contributed by atoms with van der Waals surface area (Å²) in [6, 6.07) is 3.93. The summed E-state index contributed by atoms with van der Waals surface area (Å²) in [6.07, 6.45) is 3.53. The summed E-state index contributed by atoms with van der Waals surface area (Å²) < 4.78 is 26.9. The highest BCUT2D eigenvalue weighted by atomic mass is 19.1. The van der Waals surface area contributed by atoms with Crippen molar-refractivity contribution in [3.8, 4) is 0 Å². The molecule has 1 N–H and O–H groups in total. The minimum atomic E-state index is -0.508. The van der Waals surface area contributed by atoms with Crippen LogP contribution in [0.4, 0.5) is 8.78 Å². The van der Waals surface area contributed by atoms with Crippen molar-refractivity contribution in [2.45, 2.75) is 39.2 Å². The van der Waals surface area contributed by atoms with Crippen molar-refractivity contribution >= 4 is 0 Å². The first-order valence-corrected chi connectivity index (χ1v) is 6.81. The summed E-state index contributed by atoms with van der Waals surface area (Å²) in [5, 5.41) is 3.37. The first-order chi connectivity index (χ1) is 8.63. The quantitative estimate of drug-likeness (QED) is 0.853. The van der Waals surface area contributed by atoms with Gasteiger partial charge in [-0.2, -0.15) is 0 Å². The van der Waals surface area contributed by atoms with E-state index in [0.717, 1.165) is 19.0 Å². The molecular weight excluding hydrogens is 232 g/mol. The zero-order valence-corrected chi connectivity index (χ0v) is 11.0. The fourth-order valence-electron chi connectivity index (χ4n) is 3.13. The van der Waals surface area contributed by atoms with E-state index < -0.39 is 11.6 Å². The first kappa shape index (κ1) is 13.5. The number of nitrogens with one attached hydrogen (secondary N) is 1. The van der Waals surface area contributed by atoms with Crippen LogP contribution in [-0.4, -0.2) is 6.54 Å². The van der Waals surface area contributed by atoms with Gasteiger partial charge in [0.1, 0.15) is 11.6 Å². The number of hydrogen-bond donors (Lipinski definition) is 1. The molecule has 2 rings (SSSR count). The lowest BCUT2D eigenvalue weighted by atomic mass is 9.85. The van der Waals surface area contributed by atoms with E-state index in [1.807, 2.05) is 6.92 Å². The van der Waals surface area contributed by atoms with Crippen LogP contribution < -0.4 is 5.32 Å². The van der Waals surface area contributed by atoms with Gasteiger partial charge < -0.3 is 5.32 Å². The molecule has 1 aromatic carbocycles. The second-order valence-electron chi connectivity index (χ2n) is 5.27. The third kappa shape index (κ3) is 2.72. The molecule has 0 radical (unpaired) electrons. The minimum Gasteiger partial charge on any atom is -0.310 e. The number of benzene rings is 1. The lowest BCUT2D eigenvalue weighted by molar-refractivity contribution is 0.298. The van der Waals surface area contributed by atoms with Gasteiger partial charge in [0.05, 0.1) is 0 Å². The molecule has 1 aromatic rings. The molecule has 0 aliphatic heterocycles. The molecule has 0 spiro atoms. The predicted molar refractivity (Wildman–Crippen MR) is 69.3 cm³/mol. The minimum absolute atomic E-state index is 0.00750. The lowest BCUT2D eigenvalue weighted by Gasteiger charge is -2.28. The Morgan fingerprint density at radius 1 is 1.33 bits per heavy atom. The van der Waals surface area contributed by atoms with E-state index in [1.54, 1.807) is 6.07 Å². The van der Waals surface area contributed by atoms with Gasteiger partial charge in [-0.15, -0.1) is 0 Å². The van der Waals surface area contributed by atoms with E-state index in [0.29, 0.717) is 17.4 Å². The fourth-order valence-corrected chi connectivity index (χ4v) is 3.13. The molecule has 0 saturated heterocycles. The largest absolute Gasteiger partial charge is 0.310 e. The third-order valence-corrected chi connectivity index (χ3v) is 4.08. The molecule has 1 aliphatic rings. The normalized spacial score (nSPS) is 25.3. The number of halogens is 2.